The SMILES string of the molecule is COc1ccccc1CC1(S(=O)(=O)Cl)CC1. The van der Waals surface area contributed by atoms with Gasteiger partial charge in [0.05, 0.1) is 11.9 Å². The Balaban J connectivity index is 2.28. The predicted molar refractivity (Wildman–Crippen MR) is 63.4 cm³/mol. The van der Waals surface area contributed by atoms with Crippen LogP contribution >= 0.6 is 10.7 Å². The molecular formula is C11H13ClO3S. The van der Waals surface area contributed by atoms with Crippen LogP contribution in [0, 0.1) is 0 Å². The number of rotatable bonds is 4. The average Bonchev–Trinajstić information content (AvgIpc) is 2.99. The van der Waals surface area contributed by atoms with E-state index >= 15 is 0 Å². The number of para-hydroxylation sites is 1. The van der Waals surface area contributed by atoms with E-state index in [4.69, 9.17) is 15.4 Å². The maximum Gasteiger partial charge on any atom is 0.238 e. The average molecular weight is 261 g/mol. The Morgan fingerprint density at radius 3 is 2.50 bits per heavy atom. The second kappa shape index (κ2) is 3.93. The summed E-state index contributed by atoms with van der Waals surface area (Å²) in [6.45, 7) is 0. The normalized spacial score (nSPS) is 18.1. The fraction of sp³-hybridized carbons (Fsp3) is 0.455. The molecule has 0 spiro atoms. The zero-order chi connectivity index (χ0) is 11.8. The maximum absolute atomic E-state index is 11.4. The number of ether oxygens (including phenoxy) is 1. The van der Waals surface area contributed by atoms with Crippen molar-refractivity contribution in [1.29, 1.82) is 0 Å². The van der Waals surface area contributed by atoms with E-state index in [1.54, 1.807) is 7.11 Å². The summed E-state index contributed by atoms with van der Waals surface area (Å²) in [5, 5.41) is 0. The molecule has 0 radical (unpaired) electrons. The number of halogens is 1. The van der Waals surface area contributed by atoms with Crippen LogP contribution in [0.3, 0.4) is 0 Å². The quantitative estimate of drug-likeness (QED) is 0.781. The lowest BCUT2D eigenvalue weighted by molar-refractivity contribution is 0.409. The first-order chi connectivity index (χ1) is 7.48. The van der Waals surface area contributed by atoms with Crippen LogP contribution in [0.1, 0.15) is 18.4 Å². The standard InChI is InChI=1S/C11H13ClO3S/c1-15-10-5-3-2-4-9(10)8-11(6-7-11)16(12,13)14/h2-5H,6-8H2,1H3. The maximum atomic E-state index is 11.4. The number of methoxy groups -OCH3 is 1. The van der Waals surface area contributed by atoms with Crippen molar-refractivity contribution >= 4 is 19.7 Å². The predicted octanol–water partition coefficient (Wildman–Crippen LogP) is 2.34. The van der Waals surface area contributed by atoms with Crippen LogP contribution < -0.4 is 4.74 Å². The molecule has 0 N–H and O–H groups in total. The van der Waals surface area contributed by atoms with Gasteiger partial charge in [-0.1, -0.05) is 18.2 Å². The van der Waals surface area contributed by atoms with Crippen LogP contribution in [0.4, 0.5) is 0 Å². The summed E-state index contributed by atoms with van der Waals surface area (Å²) in [6, 6.07) is 7.43. The Morgan fingerprint density at radius 1 is 1.38 bits per heavy atom. The molecule has 1 aliphatic carbocycles. The number of hydrogen-bond donors (Lipinski definition) is 0. The van der Waals surface area contributed by atoms with Crippen molar-refractivity contribution in [2.24, 2.45) is 0 Å². The van der Waals surface area contributed by atoms with Gasteiger partial charge in [0.25, 0.3) is 0 Å². The molecule has 3 nitrogen and oxygen atoms in total. The molecule has 0 amide bonds. The van der Waals surface area contributed by atoms with Gasteiger partial charge in [0.15, 0.2) is 0 Å². The molecule has 88 valence electrons. The van der Waals surface area contributed by atoms with Gasteiger partial charge < -0.3 is 4.74 Å². The van der Waals surface area contributed by atoms with E-state index in [1.165, 1.54) is 0 Å². The molecule has 0 aromatic heterocycles. The van der Waals surface area contributed by atoms with Crippen molar-refractivity contribution in [2.75, 3.05) is 7.11 Å². The zero-order valence-electron chi connectivity index (χ0n) is 8.94. The smallest absolute Gasteiger partial charge is 0.238 e. The third kappa shape index (κ3) is 2.04. The summed E-state index contributed by atoms with van der Waals surface area (Å²) >= 11 is 0. The molecule has 1 aliphatic rings. The van der Waals surface area contributed by atoms with Crippen LogP contribution in [-0.4, -0.2) is 20.3 Å². The van der Waals surface area contributed by atoms with E-state index in [9.17, 15) is 8.42 Å². The molecule has 5 heteroatoms. The Kier molecular flexibility index (Phi) is 2.88. The van der Waals surface area contributed by atoms with E-state index < -0.39 is 13.8 Å². The van der Waals surface area contributed by atoms with Gasteiger partial charge in [0.2, 0.25) is 9.05 Å². The third-order valence-corrected chi connectivity index (χ3v) is 5.60. The van der Waals surface area contributed by atoms with Crippen molar-refractivity contribution in [3.8, 4) is 5.75 Å². The minimum atomic E-state index is -3.50. The molecule has 0 saturated heterocycles. The molecule has 0 unspecified atom stereocenters. The Morgan fingerprint density at radius 2 is 2.00 bits per heavy atom. The van der Waals surface area contributed by atoms with Crippen molar-refractivity contribution in [2.45, 2.75) is 24.0 Å². The second-order valence-electron chi connectivity index (χ2n) is 4.11. The monoisotopic (exact) mass is 260 g/mol. The fourth-order valence-corrected chi connectivity index (χ4v) is 3.39. The summed E-state index contributed by atoms with van der Waals surface area (Å²) in [4.78, 5) is 0. The Bertz CT molecular complexity index is 492. The van der Waals surface area contributed by atoms with Gasteiger partial charge >= 0.3 is 0 Å². The summed E-state index contributed by atoms with van der Waals surface area (Å²) in [5.41, 5.74) is 0.895. The largest absolute Gasteiger partial charge is 0.496 e. The summed E-state index contributed by atoms with van der Waals surface area (Å²) in [6.07, 6.45) is 1.70. The van der Waals surface area contributed by atoms with Gasteiger partial charge in [-0.25, -0.2) is 8.42 Å². The van der Waals surface area contributed by atoms with Gasteiger partial charge in [0, 0.05) is 10.7 Å². The third-order valence-electron chi connectivity index (χ3n) is 3.03. The van der Waals surface area contributed by atoms with Gasteiger partial charge in [0.1, 0.15) is 5.75 Å². The zero-order valence-corrected chi connectivity index (χ0v) is 10.5. The van der Waals surface area contributed by atoms with Crippen molar-refractivity contribution in [3.63, 3.8) is 0 Å². The molecule has 0 bridgehead atoms. The highest BCUT2D eigenvalue weighted by Gasteiger charge is 2.53. The van der Waals surface area contributed by atoms with Crippen LogP contribution in [0.15, 0.2) is 24.3 Å². The van der Waals surface area contributed by atoms with E-state index in [2.05, 4.69) is 0 Å². The minimum Gasteiger partial charge on any atom is -0.496 e. The first-order valence-corrected chi connectivity index (χ1v) is 7.36. The molecule has 1 fully saturated rings. The minimum absolute atomic E-state index is 0.433. The van der Waals surface area contributed by atoms with Crippen molar-refractivity contribution < 1.29 is 13.2 Å². The topological polar surface area (TPSA) is 43.4 Å². The van der Waals surface area contributed by atoms with Crippen LogP contribution in [0.2, 0.25) is 0 Å². The van der Waals surface area contributed by atoms with E-state index in [0.29, 0.717) is 25.0 Å². The van der Waals surface area contributed by atoms with E-state index in [-0.39, 0.29) is 0 Å². The molecule has 0 aliphatic heterocycles. The molecule has 16 heavy (non-hydrogen) atoms. The van der Waals surface area contributed by atoms with Crippen LogP contribution in [0.25, 0.3) is 0 Å². The van der Waals surface area contributed by atoms with E-state index in [1.807, 2.05) is 24.3 Å². The highest BCUT2D eigenvalue weighted by Crippen LogP contribution is 2.48. The molecule has 0 atom stereocenters. The summed E-state index contributed by atoms with van der Waals surface area (Å²) in [5.74, 6) is 0.717. The Hall–Kier alpha value is -0.740. The first-order valence-electron chi connectivity index (χ1n) is 5.05. The summed E-state index contributed by atoms with van der Waals surface area (Å²) in [7, 11) is 3.54. The Labute approximate surface area is 99.8 Å². The van der Waals surface area contributed by atoms with E-state index in [0.717, 1.165) is 5.56 Å². The first kappa shape index (κ1) is 11.7. The summed E-state index contributed by atoms with van der Waals surface area (Å²) < 4.78 is 27.3. The van der Waals surface area contributed by atoms with Gasteiger partial charge in [-0.3, -0.25) is 0 Å². The fourth-order valence-electron chi connectivity index (χ4n) is 1.84. The lowest BCUT2D eigenvalue weighted by atomic mass is 10.1. The lowest BCUT2D eigenvalue weighted by Gasteiger charge is -2.13. The highest BCUT2D eigenvalue weighted by molar-refractivity contribution is 8.15. The highest BCUT2D eigenvalue weighted by atomic mass is 35.7. The van der Waals surface area contributed by atoms with Crippen LogP contribution in [-0.2, 0) is 15.5 Å². The van der Waals surface area contributed by atoms with Crippen molar-refractivity contribution in [3.05, 3.63) is 29.8 Å². The second-order valence-corrected chi connectivity index (χ2v) is 7.07. The molecule has 0 heterocycles. The van der Waals surface area contributed by atoms with Gasteiger partial charge in [-0.05, 0) is 30.9 Å². The number of benzene rings is 1. The molecule has 2 rings (SSSR count). The lowest BCUT2D eigenvalue weighted by Crippen LogP contribution is -2.21. The van der Waals surface area contributed by atoms with Gasteiger partial charge in [-0.2, -0.15) is 0 Å². The molecule has 1 saturated carbocycles. The van der Waals surface area contributed by atoms with Crippen molar-refractivity contribution in [1.82, 2.24) is 0 Å². The molecule has 1 aromatic carbocycles. The number of hydrogen-bond acceptors (Lipinski definition) is 3. The molecule has 1 aromatic rings. The molecular weight excluding hydrogens is 248 g/mol. The van der Waals surface area contributed by atoms with Gasteiger partial charge in [-0.15, -0.1) is 0 Å². The van der Waals surface area contributed by atoms with Crippen LogP contribution in [0.5, 0.6) is 5.75 Å².